The summed E-state index contributed by atoms with van der Waals surface area (Å²) >= 11 is 0. The molecular weight excluding hydrogens is 405 g/mol. The largest absolute Gasteiger partial charge is 1.00 e. The summed E-state index contributed by atoms with van der Waals surface area (Å²) in [5, 5.41) is 18.2. The molecule has 2 aromatic heterocycles. The Kier molecular flexibility index (Phi) is 13.0. The van der Waals surface area contributed by atoms with Gasteiger partial charge in [-0.1, -0.05) is 0 Å². The molecule has 0 spiro atoms. The van der Waals surface area contributed by atoms with Gasteiger partial charge in [-0.2, -0.15) is 0 Å². The van der Waals surface area contributed by atoms with Crippen LogP contribution in [0.3, 0.4) is 0 Å². The number of aliphatic hydroxyl groups is 2. The van der Waals surface area contributed by atoms with Gasteiger partial charge >= 0.3 is 59.1 Å². The molecule has 2 heterocycles. The van der Waals surface area contributed by atoms with Crippen molar-refractivity contribution in [1.82, 2.24) is 19.5 Å². The minimum Gasteiger partial charge on any atom is -0.809 e. The molecule has 2 atom stereocenters. The van der Waals surface area contributed by atoms with Crippen LogP contribution >= 0.6 is 7.60 Å². The minimum atomic E-state index is -4.83. The summed E-state index contributed by atoms with van der Waals surface area (Å²) in [6, 6.07) is 0. The van der Waals surface area contributed by atoms with Gasteiger partial charge in [0.1, 0.15) is 6.10 Å². The molecule has 140 valence electrons. The Morgan fingerprint density at radius 3 is 2.63 bits per heavy atom. The number of aliphatic hydroxyl groups excluding tert-OH is 2. The molecule has 0 saturated carbocycles. The van der Waals surface area contributed by atoms with E-state index in [4.69, 9.17) is 14.6 Å². The Morgan fingerprint density at radius 1 is 1.30 bits per heavy atom. The van der Waals surface area contributed by atoms with E-state index in [9.17, 15) is 24.3 Å². The third-order valence-corrected chi connectivity index (χ3v) is 3.59. The molecule has 0 aromatic carbocycles. The number of H-pyrrole nitrogens is 1. The monoisotopic (exact) mass is 422 g/mol. The predicted octanol–water partition coefficient (Wildman–Crippen LogP) is -9.25. The van der Waals surface area contributed by atoms with E-state index in [0.29, 0.717) is 0 Å². The van der Waals surface area contributed by atoms with E-state index in [-0.39, 0.29) is 90.0 Å². The fourth-order valence-electron chi connectivity index (χ4n) is 1.99. The molecule has 0 radical (unpaired) electrons. The van der Waals surface area contributed by atoms with Gasteiger partial charge in [0.2, 0.25) is 0 Å². The van der Waals surface area contributed by atoms with Gasteiger partial charge in [-0.15, -0.1) is 0 Å². The maximum Gasteiger partial charge on any atom is 1.00 e. The zero-order valence-corrected chi connectivity index (χ0v) is 19.9. The van der Waals surface area contributed by atoms with E-state index >= 15 is 0 Å². The van der Waals surface area contributed by atoms with E-state index in [1.165, 1.54) is 17.2 Å². The van der Waals surface area contributed by atoms with Crippen LogP contribution in [-0.4, -0.2) is 68.1 Å². The molecule has 1 unspecified atom stereocenters. The van der Waals surface area contributed by atoms with Gasteiger partial charge in [0.05, 0.1) is 51.5 Å². The second-order valence-electron chi connectivity index (χ2n) is 5.20. The zero-order chi connectivity index (χ0) is 18.4. The van der Waals surface area contributed by atoms with Gasteiger partial charge in [0, 0.05) is 0 Å². The van der Waals surface area contributed by atoms with Gasteiger partial charge in [0.25, 0.3) is 5.56 Å². The average Bonchev–Trinajstić information content (AvgIpc) is 2.95. The van der Waals surface area contributed by atoms with Crippen molar-refractivity contribution in [3.05, 3.63) is 23.0 Å². The SMILES string of the molecule is O=c1[nH]cnc2c1ncn2C[C@@H](COCP(=O)([O-])[O-])OCC(O)CO.[Na+].[Na+]. The molecule has 0 aliphatic rings. The molecule has 0 fully saturated rings. The summed E-state index contributed by atoms with van der Waals surface area (Å²) in [7, 11) is -4.83. The summed E-state index contributed by atoms with van der Waals surface area (Å²) in [6.45, 7) is -0.963. The third-order valence-electron chi connectivity index (χ3n) is 3.10. The molecule has 2 aromatic rings. The van der Waals surface area contributed by atoms with Crippen LogP contribution in [-0.2, 0) is 20.6 Å². The quantitative estimate of drug-likeness (QED) is 0.245. The molecule has 27 heavy (non-hydrogen) atoms. The van der Waals surface area contributed by atoms with E-state index < -0.39 is 38.3 Å². The van der Waals surface area contributed by atoms with Gasteiger partial charge in [0.15, 0.2) is 11.2 Å². The Labute approximate surface area is 198 Å². The predicted molar refractivity (Wildman–Crippen MR) is 79.4 cm³/mol. The first-order valence-electron chi connectivity index (χ1n) is 7.18. The van der Waals surface area contributed by atoms with Crippen LogP contribution in [0.2, 0.25) is 0 Å². The number of nitrogens with zero attached hydrogens (tertiary/aromatic N) is 3. The van der Waals surface area contributed by atoms with Crippen LogP contribution in [0.4, 0.5) is 0 Å². The fourth-order valence-corrected chi connectivity index (χ4v) is 2.32. The summed E-state index contributed by atoms with van der Waals surface area (Å²) < 4.78 is 22.3. The Morgan fingerprint density at radius 2 is 2.00 bits per heavy atom. The number of imidazole rings is 1. The molecule has 0 amide bonds. The molecule has 0 bridgehead atoms. The van der Waals surface area contributed by atoms with E-state index in [1.54, 1.807) is 0 Å². The Balaban J connectivity index is 0.00000338. The maximum atomic E-state index is 11.6. The molecule has 0 saturated heterocycles. The van der Waals surface area contributed by atoms with Crippen molar-refractivity contribution >= 4 is 18.8 Å². The van der Waals surface area contributed by atoms with Crippen LogP contribution < -0.4 is 74.5 Å². The summed E-state index contributed by atoms with van der Waals surface area (Å²) in [4.78, 5) is 43.2. The standard InChI is InChI=1S/C12H19N4O8P.2Na/c17-2-8(18)3-24-9(4-23-7-25(20,21)22)1-16-6-15-10-11(16)13-5-14-12(10)19;;/h5-6,8-9,17-18H,1-4,7H2,(H,13,14,19)(H2,20,21,22);;/q;2*+1/p-2/t8?,9-;;/m0../s1. The maximum absolute atomic E-state index is 11.6. The number of nitrogens with one attached hydrogen (secondary N) is 1. The number of rotatable bonds is 10. The second kappa shape index (κ2) is 12.8. The number of fused-ring (bicyclic) bond motifs is 1. The molecule has 0 aliphatic heterocycles. The molecule has 12 nitrogen and oxygen atoms in total. The summed E-state index contributed by atoms with van der Waals surface area (Å²) in [5.41, 5.74) is -0.0358. The Hall–Kier alpha value is 0.340. The third kappa shape index (κ3) is 9.13. The first-order valence-corrected chi connectivity index (χ1v) is 8.91. The van der Waals surface area contributed by atoms with Crippen LogP contribution in [0, 0.1) is 0 Å². The van der Waals surface area contributed by atoms with Crippen molar-refractivity contribution in [1.29, 1.82) is 0 Å². The summed E-state index contributed by atoms with van der Waals surface area (Å²) in [6.07, 6.45) is -0.370. The molecule has 2 rings (SSSR count). The van der Waals surface area contributed by atoms with Crippen molar-refractivity contribution in [3.8, 4) is 0 Å². The van der Waals surface area contributed by atoms with Crippen LogP contribution in [0.15, 0.2) is 17.4 Å². The Bertz CT molecular complexity index is 797. The minimum absolute atomic E-state index is 0. The fraction of sp³-hybridized carbons (Fsp3) is 0.583. The second-order valence-corrected chi connectivity index (χ2v) is 6.68. The van der Waals surface area contributed by atoms with E-state index in [0.717, 1.165) is 0 Å². The number of aromatic amines is 1. The molecular formula is C12H17N4Na2O8P. The average molecular weight is 422 g/mol. The van der Waals surface area contributed by atoms with E-state index in [2.05, 4.69) is 15.0 Å². The van der Waals surface area contributed by atoms with Gasteiger partial charge in [-0.25, -0.2) is 9.97 Å². The topological polar surface area (TPSA) is 186 Å². The normalized spacial score (nSPS) is 13.6. The van der Waals surface area contributed by atoms with Gasteiger partial charge in [-0.05, 0) is 7.60 Å². The zero-order valence-electron chi connectivity index (χ0n) is 15.0. The number of hydrogen-bond acceptors (Lipinski definition) is 10. The molecule has 3 N–H and O–H groups in total. The molecule has 0 aliphatic carbocycles. The van der Waals surface area contributed by atoms with Crippen LogP contribution in [0.25, 0.3) is 11.2 Å². The van der Waals surface area contributed by atoms with Crippen molar-refractivity contribution in [2.75, 3.05) is 26.2 Å². The van der Waals surface area contributed by atoms with Crippen molar-refractivity contribution in [3.63, 3.8) is 0 Å². The van der Waals surface area contributed by atoms with Gasteiger partial charge < -0.3 is 43.6 Å². The van der Waals surface area contributed by atoms with Gasteiger partial charge in [-0.3, -0.25) is 4.79 Å². The van der Waals surface area contributed by atoms with Crippen LogP contribution in [0.5, 0.6) is 0 Å². The molecule has 15 heteroatoms. The number of hydrogen-bond donors (Lipinski definition) is 3. The number of ether oxygens (including phenoxy) is 2. The van der Waals surface area contributed by atoms with Crippen molar-refractivity contribution in [2.45, 2.75) is 18.8 Å². The summed E-state index contributed by atoms with van der Waals surface area (Å²) in [5.74, 6) is 0. The van der Waals surface area contributed by atoms with E-state index in [1.807, 2.05) is 0 Å². The van der Waals surface area contributed by atoms with Crippen molar-refractivity contribution < 1.29 is 93.2 Å². The smallest absolute Gasteiger partial charge is 0.809 e. The first-order chi connectivity index (χ1) is 11.8. The van der Waals surface area contributed by atoms with Crippen LogP contribution in [0.1, 0.15) is 0 Å². The first kappa shape index (κ1) is 27.3. The number of aromatic nitrogens is 4. The van der Waals surface area contributed by atoms with Crippen molar-refractivity contribution in [2.24, 2.45) is 0 Å².